The highest BCUT2D eigenvalue weighted by molar-refractivity contribution is 5.86. The van der Waals surface area contributed by atoms with E-state index in [2.05, 4.69) is 0 Å². The van der Waals surface area contributed by atoms with Gasteiger partial charge in [-0.15, -0.1) is 0 Å². The van der Waals surface area contributed by atoms with Gasteiger partial charge in [0.05, 0.1) is 20.3 Å². The predicted molar refractivity (Wildman–Crippen MR) is 75.1 cm³/mol. The highest BCUT2D eigenvalue weighted by atomic mass is 16.5. The molecule has 5 heteroatoms. The average Bonchev–Trinajstić information content (AvgIpc) is 3.14. The van der Waals surface area contributed by atoms with Crippen LogP contribution in [0, 0.1) is 0 Å². The summed E-state index contributed by atoms with van der Waals surface area (Å²) in [6.07, 6.45) is 0.596. The minimum atomic E-state index is -0.897. The third kappa shape index (κ3) is 2.58. The van der Waals surface area contributed by atoms with Crippen molar-refractivity contribution in [1.82, 2.24) is 0 Å². The molecule has 110 valence electrons. The van der Waals surface area contributed by atoms with Crippen molar-refractivity contribution >= 4 is 5.97 Å². The van der Waals surface area contributed by atoms with E-state index < -0.39 is 5.54 Å². The van der Waals surface area contributed by atoms with Crippen molar-refractivity contribution in [1.29, 1.82) is 0 Å². The first-order chi connectivity index (χ1) is 9.56. The molecule has 0 spiro atoms. The lowest BCUT2D eigenvalue weighted by molar-refractivity contribution is -0.143. The molecule has 0 aliphatic heterocycles. The maximum absolute atomic E-state index is 11.7. The van der Waals surface area contributed by atoms with E-state index in [-0.39, 0.29) is 11.9 Å². The Kier molecular flexibility index (Phi) is 4.18. The molecule has 2 N–H and O–H groups in total. The van der Waals surface area contributed by atoms with Gasteiger partial charge in [-0.1, -0.05) is 6.07 Å². The monoisotopic (exact) mass is 279 g/mol. The maximum atomic E-state index is 11.7. The van der Waals surface area contributed by atoms with E-state index in [4.69, 9.17) is 19.9 Å². The Labute approximate surface area is 119 Å². The van der Waals surface area contributed by atoms with E-state index >= 15 is 0 Å². The number of hydrogen-bond donors (Lipinski definition) is 1. The van der Waals surface area contributed by atoms with Crippen LogP contribution in [0.3, 0.4) is 0 Å². The molecule has 1 aliphatic carbocycles. The quantitative estimate of drug-likeness (QED) is 0.805. The Morgan fingerprint density at radius 2 is 1.95 bits per heavy atom. The summed E-state index contributed by atoms with van der Waals surface area (Å²) in [5, 5.41) is 0. The molecule has 2 atom stereocenters. The van der Waals surface area contributed by atoms with E-state index in [0.717, 1.165) is 5.56 Å². The standard InChI is InChI=1S/C15H21NO4/c1-4-19-12-7-6-10(8-13(12)20-5-2)11-9-15(11,16)14(17)18-3/h6-8,11H,4-5,9,16H2,1-3H3. The first-order valence-corrected chi connectivity index (χ1v) is 6.83. The molecular weight excluding hydrogens is 258 g/mol. The number of methoxy groups -OCH3 is 1. The van der Waals surface area contributed by atoms with E-state index in [1.165, 1.54) is 7.11 Å². The van der Waals surface area contributed by atoms with Crippen LogP contribution >= 0.6 is 0 Å². The maximum Gasteiger partial charge on any atom is 0.326 e. The van der Waals surface area contributed by atoms with Crippen LogP contribution in [0.2, 0.25) is 0 Å². The van der Waals surface area contributed by atoms with Crippen molar-refractivity contribution in [3.63, 3.8) is 0 Å². The molecule has 1 saturated carbocycles. The lowest BCUT2D eigenvalue weighted by Crippen LogP contribution is -2.35. The second-order valence-corrected chi connectivity index (χ2v) is 4.86. The van der Waals surface area contributed by atoms with Crippen molar-refractivity contribution in [2.75, 3.05) is 20.3 Å². The Morgan fingerprint density at radius 3 is 2.55 bits per heavy atom. The topological polar surface area (TPSA) is 70.8 Å². The smallest absolute Gasteiger partial charge is 0.326 e. The Balaban J connectivity index is 2.22. The number of esters is 1. The Hall–Kier alpha value is -1.75. The number of nitrogens with two attached hydrogens (primary N) is 1. The van der Waals surface area contributed by atoms with Crippen LogP contribution in [0.5, 0.6) is 11.5 Å². The van der Waals surface area contributed by atoms with Gasteiger partial charge in [0, 0.05) is 5.92 Å². The van der Waals surface area contributed by atoms with Crippen LogP contribution in [-0.4, -0.2) is 31.8 Å². The molecule has 20 heavy (non-hydrogen) atoms. The van der Waals surface area contributed by atoms with Gasteiger partial charge >= 0.3 is 5.97 Å². The summed E-state index contributed by atoms with van der Waals surface area (Å²) < 4.78 is 15.8. The van der Waals surface area contributed by atoms with Gasteiger partial charge in [0.25, 0.3) is 0 Å². The lowest BCUT2D eigenvalue weighted by atomic mass is 10.1. The predicted octanol–water partition coefficient (Wildman–Crippen LogP) is 1.84. The molecule has 0 heterocycles. The van der Waals surface area contributed by atoms with Gasteiger partial charge in [-0.05, 0) is 38.0 Å². The fraction of sp³-hybridized carbons (Fsp3) is 0.533. The summed E-state index contributed by atoms with van der Waals surface area (Å²) in [7, 11) is 1.36. The number of ether oxygens (including phenoxy) is 3. The van der Waals surface area contributed by atoms with Crippen LogP contribution in [-0.2, 0) is 9.53 Å². The first kappa shape index (κ1) is 14.7. The highest BCUT2D eigenvalue weighted by Crippen LogP contribution is 2.51. The number of carbonyl (C=O) groups is 1. The zero-order valence-electron chi connectivity index (χ0n) is 12.1. The summed E-state index contributed by atoms with van der Waals surface area (Å²) in [4.78, 5) is 11.7. The van der Waals surface area contributed by atoms with Gasteiger partial charge in [-0.25, -0.2) is 0 Å². The molecule has 2 rings (SSSR count). The third-order valence-corrected chi connectivity index (χ3v) is 3.54. The molecule has 0 bridgehead atoms. The van der Waals surface area contributed by atoms with Crippen LogP contribution in [0.25, 0.3) is 0 Å². The van der Waals surface area contributed by atoms with Crippen molar-refractivity contribution in [2.45, 2.75) is 31.7 Å². The molecule has 5 nitrogen and oxygen atoms in total. The molecule has 2 unspecified atom stereocenters. The second-order valence-electron chi connectivity index (χ2n) is 4.86. The Morgan fingerprint density at radius 1 is 1.30 bits per heavy atom. The van der Waals surface area contributed by atoms with Gasteiger partial charge in [0.15, 0.2) is 11.5 Å². The number of rotatable bonds is 6. The van der Waals surface area contributed by atoms with Crippen LogP contribution in [0.15, 0.2) is 18.2 Å². The summed E-state index contributed by atoms with van der Waals surface area (Å²) >= 11 is 0. The second kappa shape index (κ2) is 5.71. The molecular formula is C15H21NO4. The molecule has 0 aromatic heterocycles. The highest BCUT2D eigenvalue weighted by Gasteiger charge is 2.59. The van der Waals surface area contributed by atoms with E-state index in [1.54, 1.807) is 0 Å². The van der Waals surface area contributed by atoms with Crippen molar-refractivity contribution < 1.29 is 19.0 Å². The van der Waals surface area contributed by atoms with Crippen LogP contribution in [0.1, 0.15) is 31.7 Å². The molecule has 1 aromatic carbocycles. The van der Waals surface area contributed by atoms with E-state index in [1.807, 2.05) is 32.0 Å². The minimum absolute atomic E-state index is 0.0233. The fourth-order valence-electron chi connectivity index (χ4n) is 2.39. The van der Waals surface area contributed by atoms with Crippen molar-refractivity contribution in [3.05, 3.63) is 23.8 Å². The van der Waals surface area contributed by atoms with E-state index in [9.17, 15) is 4.79 Å². The van der Waals surface area contributed by atoms with Gasteiger partial charge in [0.2, 0.25) is 0 Å². The largest absolute Gasteiger partial charge is 0.490 e. The average molecular weight is 279 g/mol. The number of carbonyl (C=O) groups excluding carboxylic acids is 1. The summed E-state index contributed by atoms with van der Waals surface area (Å²) in [6, 6.07) is 5.69. The minimum Gasteiger partial charge on any atom is -0.490 e. The molecule has 0 amide bonds. The fourth-order valence-corrected chi connectivity index (χ4v) is 2.39. The number of hydrogen-bond acceptors (Lipinski definition) is 5. The Bertz CT molecular complexity index is 503. The molecule has 0 saturated heterocycles. The summed E-state index contributed by atoms with van der Waals surface area (Å²) in [5.41, 5.74) is 6.13. The van der Waals surface area contributed by atoms with Gasteiger partial charge in [-0.3, -0.25) is 4.79 Å². The van der Waals surface area contributed by atoms with Gasteiger partial charge in [-0.2, -0.15) is 0 Å². The normalized spacial score (nSPS) is 24.1. The zero-order valence-corrected chi connectivity index (χ0v) is 12.1. The molecule has 0 radical (unpaired) electrons. The molecule has 1 fully saturated rings. The molecule has 1 aromatic rings. The first-order valence-electron chi connectivity index (χ1n) is 6.83. The van der Waals surface area contributed by atoms with Gasteiger partial charge < -0.3 is 19.9 Å². The summed E-state index contributed by atoms with van der Waals surface area (Å²) in [6.45, 7) is 4.97. The van der Waals surface area contributed by atoms with E-state index in [0.29, 0.717) is 31.1 Å². The van der Waals surface area contributed by atoms with Crippen LogP contribution in [0.4, 0.5) is 0 Å². The summed E-state index contributed by atoms with van der Waals surface area (Å²) in [5.74, 6) is 1.00. The van der Waals surface area contributed by atoms with Crippen molar-refractivity contribution in [2.24, 2.45) is 5.73 Å². The van der Waals surface area contributed by atoms with Gasteiger partial charge in [0.1, 0.15) is 5.54 Å². The zero-order chi connectivity index (χ0) is 14.8. The number of benzene rings is 1. The lowest BCUT2D eigenvalue weighted by Gasteiger charge is -2.13. The SMILES string of the molecule is CCOc1ccc(C2CC2(N)C(=O)OC)cc1OCC. The van der Waals surface area contributed by atoms with Crippen LogP contribution < -0.4 is 15.2 Å². The third-order valence-electron chi connectivity index (χ3n) is 3.54. The molecule has 1 aliphatic rings. The van der Waals surface area contributed by atoms with Crippen molar-refractivity contribution in [3.8, 4) is 11.5 Å².